The highest BCUT2D eigenvalue weighted by atomic mass is 16.6. The zero-order valence-electron chi connectivity index (χ0n) is 16.0. The predicted molar refractivity (Wildman–Crippen MR) is 104 cm³/mol. The Kier molecular flexibility index (Phi) is 6.85. The van der Waals surface area contributed by atoms with Crippen molar-refractivity contribution in [1.29, 1.82) is 0 Å². The zero-order valence-corrected chi connectivity index (χ0v) is 16.0. The number of hydrazone groups is 1. The zero-order chi connectivity index (χ0) is 21.6. The molecule has 0 heterocycles. The Labute approximate surface area is 166 Å². The predicted octanol–water partition coefficient (Wildman–Crippen LogP) is 1.77. The van der Waals surface area contributed by atoms with Gasteiger partial charge in [-0.1, -0.05) is 6.07 Å². The molecule has 0 aliphatic heterocycles. The van der Waals surface area contributed by atoms with Crippen LogP contribution in [0.25, 0.3) is 0 Å². The third kappa shape index (κ3) is 5.51. The lowest BCUT2D eigenvalue weighted by atomic mass is 10.1. The number of nitro groups is 1. The molecule has 2 N–H and O–H groups in total. The van der Waals surface area contributed by atoms with Crippen molar-refractivity contribution in [3.8, 4) is 11.5 Å². The van der Waals surface area contributed by atoms with Gasteiger partial charge in [-0.3, -0.25) is 19.7 Å². The quantitative estimate of drug-likeness (QED) is 0.328. The standard InChI is InChI=1S/C19H20N4O6/c1-4-29-16-9-13(8-15(17(16)24)23(27)28)10-20-22-19(26)18(25)21-14-6-5-11(2)12(3)7-14/h5-10,24H,4H2,1-3H3,(H,21,25)(H,22,26)/p-1/b20-10-. The molecule has 2 amide bonds. The second kappa shape index (κ2) is 9.31. The third-order valence-electron chi connectivity index (χ3n) is 3.90. The first-order chi connectivity index (χ1) is 13.7. The normalized spacial score (nSPS) is 10.6. The number of nitro benzene ring substituents is 1. The summed E-state index contributed by atoms with van der Waals surface area (Å²) in [6.45, 7) is 5.56. The summed E-state index contributed by atoms with van der Waals surface area (Å²) in [5, 5.41) is 29.0. The van der Waals surface area contributed by atoms with Crippen LogP contribution in [0, 0.1) is 24.0 Å². The number of anilines is 1. The minimum absolute atomic E-state index is 0.141. The van der Waals surface area contributed by atoms with E-state index < -0.39 is 28.2 Å². The number of carbonyl (C=O) groups is 2. The van der Waals surface area contributed by atoms with Crippen molar-refractivity contribution in [2.45, 2.75) is 20.8 Å². The second-order valence-corrected chi connectivity index (χ2v) is 6.01. The van der Waals surface area contributed by atoms with Crippen LogP contribution in [0.1, 0.15) is 23.6 Å². The first-order valence-electron chi connectivity index (χ1n) is 8.56. The second-order valence-electron chi connectivity index (χ2n) is 6.01. The Morgan fingerprint density at radius 2 is 1.90 bits per heavy atom. The molecule has 10 heteroatoms. The third-order valence-corrected chi connectivity index (χ3v) is 3.90. The van der Waals surface area contributed by atoms with Crippen molar-refractivity contribution < 1.29 is 24.4 Å². The number of nitrogens with zero attached hydrogens (tertiary/aromatic N) is 2. The topological polar surface area (TPSA) is 146 Å². The minimum Gasteiger partial charge on any atom is -0.865 e. The van der Waals surface area contributed by atoms with Crippen LogP contribution in [0.15, 0.2) is 35.4 Å². The lowest BCUT2D eigenvalue weighted by molar-refractivity contribution is -0.398. The smallest absolute Gasteiger partial charge is 0.329 e. The summed E-state index contributed by atoms with van der Waals surface area (Å²) in [6.07, 6.45) is 1.07. The average molecular weight is 399 g/mol. The van der Waals surface area contributed by atoms with Crippen LogP contribution in [0.2, 0.25) is 0 Å². The van der Waals surface area contributed by atoms with E-state index in [0.29, 0.717) is 5.69 Å². The van der Waals surface area contributed by atoms with Gasteiger partial charge in [0.1, 0.15) is 5.75 Å². The Hall–Kier alpha value is -3.95. The average Bonchev–Trinajstić information content (AvgIpc) is 2.66. The van der Waals surface area contributed by atoms with Crippen LogP contribution in [-0.2, 0) is 9.59 Å². The SMILES string of the molecule is CCOc1cc(/C=N\NC(=O)C(=O)Nc2ccc(C)c(C)c2)cc([N+](=O)[O-])c1[O-]. The summed E-state index contributed by atoms with van der Waals surface area (Å²) in [4.78, 5) is 34.0. The number of amides is 2. The van der Waals surface area contributed by atoms with Crippen molar-refractivity contribution in [2.24, 2.45) is 5.10 Å². The molecule has 0 fully saturated rings. The van der Waals surface area contributed by atoms with Gasteiger partial charge in [0.05, 0.1) is 17.7 Å². The Bertz CT molecular complexity index is 987. The Morgan fingerprint density at radius 1 is 1.17 bits per heavy atom. The molecule has 0 atom stereocenters. The Balaban J connectivity index is 2.08. The first-order valence-corrected chi connectivity index (χ1v) is 8.56. The van der Waals surface area contributed by atoms with Crippen LogP contribution in [0.4, 0.5) is 11.4 Å². The highest BCUT2D eigenvalue weighted by Gasteiger charge is 2.15. The number of carbonyl (C=O) groups excluding carboxylic acids is 2. The highest BCUT2D eigenvalue weighted by Crippen LogP contribution is 2.34. The van der Waals surface area contributed by atoms with Crippen molar-refractivity contribution in [2.75, 3.05) is 11.9 Å². The van der Waals surface area contributed by atoms with Crippen LogP contribution >= 0.6 is 0 Å². The summed E-state index contributed by atoms with van der Waals surface area (Å²) >= 11 is 0. The van der Waals surface area contributed by atoms with Crippen LogP contribution < -0.4 is 20.6 Å². The van der Waals surface area contributed by atoms with E-state index in [1.54, 1.807) is 19.1 Å². The van der Waals surface area contributed by atoms with Gasteiger partial charge in [0.2, 0.25) is 0 Å². The molecule has 0 unspecified atom stereocenters. The summed E-state index contributed by atoms with van der Waals surface area (Å²) in [7, 11) is 0. The van der Waals surface area contributed by atoms with Crippen molar-refractivity contribution in [3.05, 3.63) is 57.1 Å². The molecular formula is C19H19N4O6-. The van der Waals surface area contributed by atoms with Gasteiger partial charge in [0.15, 0.2) is 0 Å². The number of nitrogens with one attached hydrogen (secondary N) is 2. The van der Waals surface area contributed by atoms with Gasteiger partial charge >= 0.3 is 11.8 Å². The number of aryl methyl sites for hydroxylation is 2. The van der Waals surface area contributed by atoms with Crippen molar-refractivity contribution in [1.82, 2.24) is 5.43 Å². The van der Waals surface area contributed by atoms with Gasteiger partial charge in [-0.2, -0.15) is 5.10 Å². The number of ether oxygens (including phenoxy) is 1. The molecule has 0 aliphatic rings. The summed E-state index contributed by atoms with van der Waals surface area (Å²) in [5.41, 5.74) is 3.94. The van der Waals surface area contributed by atoms with E-state index >= 15 is 0 Å². The van der Waals surface area contributed by atoms with E-state index in [2.05, 4.69) is 10.4 Å². The largest absolute Gasteiger partial charge is 0.865 e. The maximum atomic E-state index is 11.9. The molecule has 10 nitrogen and oxygen atoms in total. The van der Waals surface area contributed by atoms with Gasteiger partial charge < -0.3 is 15.2 Å². The molecule has 0 spiro atoms. The molecule has 0 aliphatic carbocycles. The molecule has 2 aromatic rings. The molecule has 0 saturated carbocycles. The Morgan fingerprint density at radius 3 is 2.52 bits per heavy atom. The number of hydrogen-bond acceptors (Lipinski definition) is 7. The fourth-order valence-corrected chi connectivity index (χ4v) is 2.30. The van der Waals surface area contributed by atoms with E-state index in [4.69, 9.17) is 4.74 Å². The van der Waals surface area contributed by atoms with Gasteiger partial charge in [-0.25, -0.2) is 5.43 Å². The van der Waals surface area contributed by atoms with E-state index in [9.17, 15) is 24.8 Å². The number of hydrogen-bond donors (Lipinski definition) is 2. The molecule has 29 heavy (non-hydrogen) atoms. The molecule has 2 rings (SSSR count). The highest BCUT2D eigenvalue weighted by molar-refractivity contribution is 6.39. The molecule has 2 aromatic carbocycles. The van der Waals surface area contributed by atoms with E-state index in [0.717, 1.165) is 23.4 Å². The van der Waals surface area contributed by atoms with E-state index in [1.165, 1.54) is 6.07 Å². The van der Waals surface area contributed by atoms with Crippen molar-refractivity contribution in [3.63, 3.8) is 0 Å². The lowest BCUT2D eigenvalue weighted by Gasteiger charge is -2.14. The van der Waals surface area contributed by atoms with Crippen LogP contribution in [-0.4, -0.2) is 29.6 Å². The van der Waals surface area contributed by atoms with Gasteiger partial charge in [0.25, 0.3) is 5.69 Å². The molecule has 0 aromatic heterocycles. The van der Waals surface area contributed by atoms with Gasteiger partial charge in [-0.05, 0) is 50.1 Å². The van der Waals surface area contributed by atoms with E-state index in [-0.39, 0.29) is 17.9 Å². The fourth-order valence-electron chi connectivity index (χ4n) is 2.30. The first kappa shape index (κ1) is 21.4. The molecular weight excluding hydrogens is 380 g/mol. The monoisotopic (exact) mass is 399 g/mol. The maximum Gasteiger partial charge on any atom is 0.329 e. The lowest BCUT2D eigenvalue weighted by Crippen LogP contribution is -2.32. The van der Waals surface area contributed by atoms with Gasteiger partial charge in [0, 0.05) is 23.1 Å². The fraction of sp³-hybridized carbons (Fsp3) is 0.211. The summed E-state index contributed by atoms with van der Waals surface area (Å²) < 4.78 is 5.09. The van der Waals surface area contributed by atoms with Crippen LogP contribution in [0.5, 0.6) is 11.5 Å². The maximum absolute atomic E-state index is 11.9. The summed E-state index contributed by atoms with van der Waals surface area (Å²) in [5.74, 6) is -3.02. The van der Waals surface area contributed by atoms with Gasteiger partial charge in [-0.15, -0.1) is 0 Å². The van der Waals surface area contributed by atoms with Crippen molar-refractivity contribution >= 4 is 29.4 Å². The minimum atomic E-state index is -1.03. The molecule has 0 radical (unpaired) electrons. The summed E-state index contributed by atoms with van der Waals surface area (Å²) in [6, 6.07) is 7.45. The number of benzene rings is 2. The molecule has 0 bridgehead atoms. The van der Waals surface area contributed by atoms with E-state index in [1.807, 2.05) is 25.3 Å². The number of rotatable bonds is 6. The molecule has 0 saturated heterocycles. The molecule has 152 valence electrons. The van der Waals surface area contributed by atoms with Crippen LogP contribution in [0.3, 0.4) is 0 Å².